The average Bonchev–Trinajstić information content (AvgIpc) is 2.24. The van der Waals surface area contributed by atoms with Gasteiger partial charge in [0.25, 0.3) is 0 Å². The van der Waals surface area contributed by atoms with Crippen molar-refractivity contribution in [1.82, 2.24) is 9.97 Å². The number of rotatable bonds is 1. The van der Waals surface area contributed by atoms with Crippen LogP contribution in [-0.2, 0) is 0 Å². The molecule has 0 fully saturated rings. The molecule has 1 heterocycles. The number of hydrogen-bond acceptors (Lipinski definition) is 2. The van der Waals surface area contributed by atoms with Gasteiger partial charge in [0.1, 0.15) is 11.6 Å². The lowest BCUT2D eigenvalue weighted by Gasteiger charge is -2.05. The molecule has 0 atom stereocenters. The van der Waals surface area contributed by atoms with E-state index in [1.54, 1.807) is 0 Å². The molecule has 6 heteroatoms. The predicted octanol–water partition coefficient (Wildman–Crippen LogP) is 2.48. The predicted molar refractivity (Wildman–Crippen MR) is 57.9 cm³/mol. The van der Waals surface area contributed by atoms with Crippen molar-refractivity contribution in [3.63, 3.8) is 0 Å². The fourth-order valence-electron chi connectivity index (χ4n) is 1.29. The monoisotopic (exact) mass is 286 g/mol. The summed E-state index contributed by atoms with van der Waals surface area (Å²) in [5.74, 6) is -1.51. The van der Waals surface area contributed by atoms with Crippen molar-refractivity contribution < 1.29 is 8.78 Å². The molecule has 0 saturated carbocycles. The third kappa shape index (κ3) is 1.88. The van der Waals surface area contributed by atoms with Crippen LogP contribution in [0.4, 0.5) is 8.78 Å². The van der Waals surface area contributed by atoms with E-state index < -0.39 is 17.3 Å². The number of nitrogens with zero attached hydrogens (tertiary/aromatic N) is 1. The van der Waals surface area contributed by atoms with E-state index in [-0.39, 0.29) is 15.7 Å². The van der Waals surface area contributed by atoms with Gasteiger partial charge in [-0.15, -0.1) is 0 Å². The molecule has 0 saturated heterocycles. The van der Waals surface area contributed by atoms with Crippen molar-refractivity contribution in [2.24, 2.45) is 0 Å². The summed E-state index contributed by atoms with van der Waals surface area (Å²) in [7, 11) is 0. The van der Waals surface area contributed by atoms with Gasteiger partial charge in [0, 0.05) is 6.20 Å². The second-order valence-electron chi connectivity index (χ2n) is 3.01. The summed E-state index contributed by atoms with van der Waals surface area (Å²) in [5.41, 5.74) is -0.888. The minimum Gasteiger partial charge on any atom is -0.305 e. The maximum Gasteiger partial charge on any atom is 0.345 e. The highest BCUT2D eigenvalue weighted by atomic mass is 79.9. The molecular formula is C10H5BrF2N2O. The standard InChI is InChI=1S/C10H5BrF2N2O/c11-5-1-2-6(12)8(9(5)13)7-3-4-14-10(16)15-7/h1-4H,(H,14,15,16). The van der Waals surface area contributed by atoms with Crippen LogP contribution in [0.1, 0.15) is 0 Å². The quantitative estimate of drug-likeness (QED) is 0.819. The molecule has 0 radical (unpaired) electrons. The van der Waals surface area contributed by atoms with Crippen molar-refractivity contribution >= 4 is 15.9 Å². The smallest absolute Gasteiger partial charge is 0.305 e. The summed E-state index contributed by atoms with van der Waals surface area (Å²) in [6, 6.07) is 3.70. The highest BCUT2D eigenvalue weighted by Gasteiger charge is 2.14. The molecule has 1 aromatic carbocycles. The van der Waals surface area contributed by atoms with Gasteiger partial charge in [-0.2, -0.15) is 0 Å². The average molecular weight is 287 g/mol. The zero-order valence-electron chi connectivity index (χ0n) is 7.80. The van der Waals surface area contributed by atoms with Gasteiger partial charge < -0.3 is 4.98 Å². The third-order valence-electron chi connectivity index (χ3n) is 1.99. The van der Waals surface area contributed by atoms with Crippen LogP contribution in [0.25, 0.3) is 11.3 Å². The van der Waals surface area contributed by atoms with Gasteiger partial charge in [-0.25, -0.2) is 18.6 Å². The van der Waals surface area contributed by atoms with Crippen molar-refractivity contribution in [1.29, 1.82) is 0 Å². The van der Waals surface area contributed by atoms with Crippen molar-refractivity contribution in [3.8, 4) is 11.3 Å². The van der Waals surface area contributed by atoms with E-state index in [2.05, 4.69) is 25.9 Å². The second-order valence-corrected chi connectivity index (χ2v) is 3.86. The summed E-state index contributed by atoms with van der Waals surface area (Å²) >= 11 is 2.95. The van der Waals surface area contributed by atoms with Crippen molar-refractivity contribution in [2.45, 2.75) is 0 Å². The first-order chi connectivity index (χ1) is 7.59. The van der Waals surface area contributed by atoms with Crippen LogP contribution in [0, 0.1) is 11.6 Å². The van der Waals surface area contributed by atoms with Gasteiger partial charge >= 0.3 is 5.69 Å². The molecule has 0 spiro atoms. The van der Waals surface area contributed by atoms with Gasteiger partial charge in [0.05, 0.1) is 15.7 Å². The lowest BCUT2D eigenvalue weighted by molar-refractivity contribution is 0.584. The molecule has 0 aliphatic heterocycles. The molecule has 1 aromatic heterocycles. The minimum atomic E-state index is -0.762. The van der Waals surface area contributed by atoms with E-state index in [0.29, 0.717) is 0 Å². The van der Waals surface area contributed by atoms with Crippen LogP contribution in [0.2, 0.25) is 0 Å². The third-order valence-corrected chi connectivity index (χ3v) is 2.60. The number of H-pyrrole nitrogens is 1. The number of aromatic nitrogens is 2. The van der Waals surface area contributed by atoms with Crippen molar-refractivity contribution in [3.05, 3.63) is 51.0 Å². The SMILES string of the molecule is O=c1nccc(-c2c(F)ccc(Br)c2F)[nH]1. The fraction of sp³-hybridized carbons (Fsp3) is 0. The van der Waals surface area contributed by atoms with Crippen LogP contribution in [-0.4, -0.2) is 9.97 Å². The number of benzene rings is 1. The Balaban J connectivity index is 2.73. The van der Waals surface area contributed by atoms with E-state index in [1.807, 2.05) is 0 Å². The minimum absolute atomic E-state index is 0.0521. The molecule has 0 unspecified atom stereocenters. The zero-order valence-corrected chi connectivity index (χ0v) is 9.38. The van der Waals surface area contributed by atoms with Gasteiger partial charge in [0.15, 0.2) is 0 Å². The van der Waals surface area contributed by atoms with E-state index >= 15 is 0 Å². The highest BCUT2D eigenvalue weighted by molar-refractivity contribution is 9.10. The van der Waals surface area contributed by atoms with Crippen LogP contribution in [0.15, 0.2) is 33.7 Å². The molecule has 2 rings (SSSR count). The van der Waals surface area contributed by atoms with Crippen LogP contribution >= 0.6 is 15.9 Å². The molecule has 16 heavy (non-hydrogen) atoms. The van der Waals surface area contributed by atoms with Crippen molar-refractivity contribution in [2.75, 3.05) is 0 Å². The fourth-order valence-corrected chi connectivity index (χ4v) is 1.62. The Morgan fingerprint density at radius 3 is 2.69 bits per heavy atom. The van der Waals surface area contributed by atoms with Gasteiger partial charge in [-0.1, -0.05) is 0 Å². The lowest BCUT2D eigenvalue weighted by Crippen LogP contribution is -2.10. The van der Waals surface area contributed by atoms with Crippen LogP contribution in [0.5, 0.6) is 0 Å². The topological polar surface area (TPSA) is 45.8 Å². The molecular weight excluding hydrogens is 282 g/mol. The highest BCUT2D eigenvalue weighted by Crippen LogP contribution is 2.28. The number of aromatic amines is 1. The first-order valence-corrected chi connectivity index (χ1v) is 5.08. The molecule has 2 aromatic rings. The number of hydrogen-bond donors (Lipinski definition) is 1. The Morgan fingerprint density at radius 2 is 2.00 bits per heavy atom. The van der Waals surface area contributed by atoms with Crippen LogP contribution < -0.4 is 5.69 Å². The Labute approximate surface area is 97.3 Å². The molecule has 0 amide bonds. The molecule has 82 valence electrons. The first kappa shape index (κ1) is 10.9. The maximum absolute atomic E-state index is 13.7. The summed E-state index contributed by atoms with van der Waals surface area (Å²) in [6.07, 6.45) is 1.19. The molecule has 0 aliphatic rings. The molecule has 1 N–H and O–H groups in total. The van der Waals surface area contributed by atoms with Gasteiger partial charge in [-0.05, 0) is 34.1 Å². The van der Waals surface area contributed by atoms with Gasteiger partial charge in [-0.3, -0.25) is 0 Å². The van der Waals surface area contributed by atoms with Crippen LogP contribution in [0.3, 0.4) is 0 Å². The second kappa shape index (κ2) is 4.13. The molecule has 0 aliphatic carbocycles. The summed E-state index contributed by atoms with van der Waals surface area (Å²) < 4.78 is 27.2. The number of halogens is 3. The largest absolute Gasteiger partial charge is 0.345 e. The maximum atomic E-state index is 13.7. The lowest BCUT2D eigenvalue weighted by atomic mass is 10.1. The Kier molecular flexibility index (Phi) is 2.82. The Hall–Kier alpha value is -1.56. The zero-order chi connectivity index (χ0) is 11.7. The Morgan fingerprint density at radius 1 is 1.25 bits per heavy atom. The van der Waals surface area contributed by atoms with E-state index in [0.717, 1.165) is 6.07 Å². The molecule has 0 bridgehead atoms. The molecule has 3 nitrogen and oxygen atoms in total. The normalized spacial score (nSPS) is 10.4. The summed E-state index contributed by atoms with van der Waals surface area (Å²) in [5, 5.41) is 0. The summed E-state index contributed by atoms with van der Waals surface area (Å²) in [4.78, 5) is 16.6. The van der Waals surface area contributed by atoms with E-state index in [4.69, 9.17) is 0 Å². The van der Waals surface area contributed by atoms with E-state index in [1.165, 1.54) is 18.3 Å². The first-order valence-electron chi connectivity index (χ1n) is 4.29. The van der Waals surface area contributed by atoms with E-state index in [9.17, 15) is 13.6 Å². The van der Waals surface area contributed by atoms with Gasteiger partial charge in [0.2, 0.25) is 0 Å². The number of nitrogens with one attached hydrogen (secondary N) is 1. The Bertz CT molecular complexity index is 598. The summed E-state index contributed by atoms with van der Waals surface area (Å²) in [6.45, 7) is 0.